The molecule has 2 aromatic heterocycles. The average molecular weight is 412 g/mol. The van der Waals surface area contributed by atoms with Gasteiger partial charge in [0.15, 0.2) is 5.69 Å². The molecular formula is C22H25N3O3S. The van der Waals surface area contributed by atoms with Crippen molar-refractivity contribution in [2.24, 2.45) is 0 Å². The topological polar surface area (TPSA) is 75.3 Å². The first kappa shape index (κ1) is 19.6. The van der Waals surface area contributed by atoms with Crippen molar-refractivity contribution in [1.29, 1.82) is 0 Å². The second-order valence-corrected chi connectivity index (χ2v) is 8.29. The molecule has 1 fully saturated rings. The van der Waals surface area contributed by atoms with E-state index in [4.69, 9.17) is 4.74 Å². The molecule has 1 aromatic carbocycles. The Kier molecular flexibility index (Phi) is 5.67. The van der Waals surface area contributed by atoms with Crippen LogP contribution in [0.1, 0.15) is 52.4 Å². The van der Waals surface area contributed by atoms with Crippen molar-refractivity contribution in [3.05, 3.63) is 51.6 Å². The van der Waals surface area contributed by atoms with Gasteiger partial charge in [0.05, 0.1) is 18.0 Å². The van der Waals surface area contributed by atoms with E-state index >= 15 is 0 Å². The van der Waals surface area contributed by atoms with Crippen LogP contribution in [0, 0.1) is 6.92 Å². The van der Waals surface area contributed by atoms with Crippen LogP contribution in [0.15, 0.2) is 29.6 Å². The van der Waals surface area contributed by atoms with Gasteiger partial charge in [0.25, 0.3) is 0 Å². The Hall–Kier alpha value is -2.67. The second kappa shape index (κ2) is 8.37. The largest absolute Gasteiger partial charge is 0.461 e. The Balaban J connectivity index is 1.37. The van der Waals surface area contributed by atoms with Gasteiger partial charge in [-0.15, -0.1) is 11.3 Å². The van der Waals surface area contributed by atoms with Gasteiger partial charge in [0, 0.05) is 41.0 Å². The number of aromatic amines is 1. The SMILES string of the molecule is CCOC(=O)c1csc(C2CCN(C(=O)Cc3c(C)[nH]c4ccccc34)CC2)n1. The van der Waals surface area contributed by atoms with Crippen LogP contribution in [0.2, 0.25) is 0 Å². The molecule has 1 N–H and O–H groups in total. The molecule has 6 nitrogen and oxygen atoms in total. The zero-order valence-electron chi connectivity index (χ0n) is 16.7. The number of hydrogen-bond donors (Lipinski definition) is 1. The van der Waals surface area contributed by atoms with E-state index in [-0.39, 0.29) is 11.9 Å². The highest BCUT2D eigenvalue weighted by Crippen LogP contribution is 2.31. The highest BCUT2D eigenvalue weighted by Gasteiger charge is 2.27. The minimum absolute atomic E-state index is 0.169. The number of likely N-dealkylation sites (tertiary alicyclic amines) is 1. The zero-order valence-corrected chi connectivity index (χ0v) is 17.6. The number of hydrogen-bond acceptors (Lipinski definition) is 5. The molecule has 1 saturated heterocycles. The molecule has 152 valence electrons. The fourth-order valence-corrected chi connectivity index (χ4v) is 4.94. The minimum Gasteiger partial charge on any atom is -0.461 e. The number of aryl methyl sites for hydroxylation is 1. The van der Waals surface area contributed by atoms with Crippen molar-refractivity contribution in [2.45, 2.75) is 39.0 Å². The second-order valence-electron chi connectivity index (χ2n) is 7.40. The van der Waals surface area contributed by atoms with Crippen LogP contribution in [-0.4, -0.2) is 46.4 Å². The van der Waals surface area contributed by atoms with Gasteiger partial charge in [-0.05, 0) is 38.3 Å². The molecule has 3 heterocycles. The molecule has 0 spiro atoms. The summed E-state index contributed by atoms with van der Waals surface area (Å²) in [5.74, 6) is 0.0985. The predicted molar refractivity (Wildman–Crippen MR) is 113 cm³/mol. The number of para-hydroxylation sites is 1. The Morgan fingerprint density at radius 1 is 1.28 bits per heavy atom. The number of nitrogens with zero attached hydrogens (tertiary/aromatic N) is 2. The fraction of sp³-hybridized carbons (Fsp3) is 0.409. The number of piperidine rings is 1. The summed E-state index contributed by atoms with van der Waals surface area (Å²) in [7, 11) is 0. The molecule has 0 radical (unpaired) electrons. The minimum atomic E-state index is -0.364. The number of carbonyl (C=O) groups is 2. The van der Waals surface area contributed by atoms with E-state index in [0.29, 0.717) is 24.6 Å². The lowest BCUT2D eigenvalue weighted by molar-refractivity contribution is -0.131. The summed E-state index contributed by atoms with van der Waals surface area (Å²) in [5.41, 5.74) is 3.61. The van der Waals surface area contributed by atoms with Crippen LogP contribution in [0.4, 0.5) is 0 Å². The maximum absolute atomic E-state index is 12.9. The number of rotatable bonds is 5. The number of aromatic nitrogens is 2. The van der Waals surface area contributed by atoms with Gasteiger partial charge in [-0.3, -0.25) is 4.79 Å². The van der Waals surface area contributed by atoms with Crippen LogP contribution in [0.25, 0.3) is 10.9 Å². The summed E-state index contributed by atoms with van der Waals surface area (Å²) in [6, 6.07) is 8.12. The maximum atomic E-state index is 12.9. The number of amides is 1. The number of esters is 1. The number of H-pyrrole nitrogens is 1. The smallest absolute Gasteiger partial charge is 0.357 e. The average Bonchev–Trinajstić information content (AvgIpc) is 3.34. The molecule has 7 heteroatoms. The van der Waals surface area contributed by atoms with E-state index in [1.165, 1.54) is 11.3 Å². The monoisotopic (exact) mass is 411 g/mol. The van der Waals surface area contributed by atoms with Gasteiger partial charge >= 0.3 is 5.97 Å². The van der Waals surface area contributed by atoms with Crippen molar-refractivity contribution >= 4 is 34.1 Å². The first-order valence-corrected chi connectivity index (χ1v) is 10.9. The van der Waals surface area contributed by atoms with E-state index in [1.807, 2.05) is 30.0 Å². The Labute approximate surface area is 173 Å². The van der Waals surface area contributed by atoms with Gasteiger partial charge in [-0.25, -0.2) is 9.78 Å². The van der Waals surface area contributed by atoms with Crippen LogP contribution in [0.3, 0.4) is 0 Å². The normalized spacial score (nSPS) is 15.0. The number of nitrogens with one attached hydrogen (secondary N) is 1. The number of carbonyl (C=O) groups excluding carboxylic acids is 2. The molecule has 0 saturated carbocycles. The standard InChI is InChI=1S/C22H25N3O3S/c1-3-28-22(27)19-13-29-21(24-19)15-8-10-25(11-9-15)20(26)12-17-14(2)23-18-7-5-4-6-16(17)18/h4-7,13,15,23H,3,8-12H2,1-2H3. The van der Waals surface area contributed by atoms with E-state index in [9.17, 15) is 9.59 Å². The Morgan fingerprint density at radius 3 is 2.79 bits per heavy atom. The van der Waals surface area contributed by atoms with Crippen LogP contribution in [0.5, 0.6) is 0 Å². The molecule has 1 amide bonds. The van der Waals surface area contributed by atoms with Crippen molar-refractivity contribution in [1.82, 2.24) is 14.9 Å². The summed E-state index contributed by atoms with van der Waals surface area (Å²) in [5, 5.41) is 3.86. The number of fused-ring (bicyclic) bond motifs is 1. The number of thiazole rings is 1. The van der Waals surface area contributed by atoms with E-state index in [1.54, 1.807) is 12.3 Å². The van der Waals surface area contributed by atoms with Gasteiger partial charge in [-0.1, -0.05) is 18.2 Å². The molecular weight excluding hydrogens is 386 g/mol. The maximum Gasteiger partial charge on any atom is 0.357 e. The van der Waals surface area contributed by atoms with Crippen LogP contribution in [-0.2, 0) is 16.0 Å². The summed E-state index contributed by atoms with van der Waals surface area (Å²) in [6.07, 6.45) is 2.16. The highest BCUT2D eigenvalue weighted by molar-refractivity contribution is 7.09. The predicted octanol–water partition coefficient (Wildman–Crippen LogP) is 4.06. The summed E-state index contributed by atoms with van der Waals surface area (Å²) >= 11 is 1.51. The number of ether oxygens (including phenoxy) is 1. The third-order valence-electron chi connectivity index (χ3n) is 5.56. The lowest BCUT2D eigenvalue weighted by atomic mass is 9.97. The summed E-state index contributed by atoms with van der Waals surface area (Å²) < 4.78 is 5.02. The molecule has 1 aliphatic heterocycles. The summed E-state index contributed by atoms with van der Waals surface area (Å²) in [4.78, 5) is 34.5. The van der Waals surface area contributed by atoms with Gasteiger partial charge in [-0.2, -0.15) is 0 Å². The van der Waals surface area contributed by atoms with Crippen LogP contribution < -0.4 is 0 Å². The number of benzene rings is 1. The fourth-order valence-electron chi connectivity index (χ4n) is 3.98. The lowest BCUT2D eigenvalue weighted by Crippen LogP contribution is -2.38. The molecule has 1 aliphatic rings. The van der Waals surface area contributed by atoms with Crippen molar-refractivity contribution in [2.75, 3.05) is 19.7 Å². The van der Waals surface area contributed by atoms with Crippen molar-refractivity contribution in [3.63, 3.8) is 0 Å². The first-order chi connectivity index (χ1) is 14.1. The van der Waals surface area contributed by atoms with Crippen molar-refractivity contribution in [3.8, 4) is 0 Å². The van der Waals surface area contributed by atoms with Crippen molar-refractivity contribution < 1.29 is 14.3 Å². The molecule has 0 aliphatic carbocycles. The quantitative estimate of drug-likeness (QED) is 0.643. The molecule has 0 bridgehead atoms. The lowest BCUT2D eigenvalue weighted by Gasteiger charge is -2.31. The van der Waals surface area contributed by atoms with Crippen LogP contribution >= 0.6 is 11.3 Å². The van der Waals surface area contributed by atoms with E-state index in [0.717, 1.165) is 53.1 Å². The molecule has 0 atom stereocenters. The first-order valence-electron chi connectivity index (χ1n) is 10.0. The third-order valence-corrected chi connectivity index (χ3v) is 6.57. The van der Waals surface area contributed by atoms with Gasteiger partial charge < -0.3 is 14.6 Å². The molecule has 4 rings (SSSR count). The molecule has 3 aromatic rings. The van der Waals surface area contributed by atoms with Gasteiger partial charge in [0.2, 0.25) is 5.91 Å². The summed E-state index contributed by atoms with van der Waals surface area (Å²) in [6.45, 7) is 5.61. The highest BCUT2D eigenvalue weighted by atomic mass is 32.1. The molecule has 0 unspecified atom stereocenters. The zero-order chi connectivity index (χ0) is 20.4. The Bertz CT molecular complexity index is 1030. The van der Waals surface area contributed by atoms with E-state index < -0.39 is 0 Å². The Morgan fingerprint density at radius 2 is 2.03 bits per heavy atom. The molecule has 29 heavy (non-hydrogen) atoms. The van der Waals surface area contributed by atoms with Gasteiger partial charge in [0.1, 0.15) is 0 Å². The van der Waals surface area contributed by atoms with E-state index in [2.05, 4.69) is 16.0 Å². The third kappa shape index (κ3) is 4.05.